The number of benzene rings is 3. The minimum Gasteiger partial charge on any atom is -0.482 e. The van der Waals surface area contributed by atoms with Gasteiger partial charge in [-0.15, -0.1) is 0 Å². The van der Waals surface area contributed by atoms with E-state index >= 15 is 0 Å². The Balaban J connectivity index is 1.44. The second-order valence-corrected chi connectivity index (χ2v) is 8.81. The quantitative estimate of drug-likeness (QED) is 0.389. The molecule has 2 amide bonds. The van der Waals surface area contributed by atoms with E-state index < -0.39 is 11.7 Å². The summed E-state index contributed by atoms with van der Waals surface area (Å²) in [5.41, 5.74) is 1.54. The van der Waals surface area contributed by atoms with Crippen LogP contribution in [0.1, 0.15) is 12.5 Å². The van der Waals surface area contributed by atoms with E-state index in [4.69, 9.17) is 16.3 Å². The van der Waals surface area contributed by atoms with Crippen molar-refractivity contribution in [2.75, 3.05) is 18.5 Å². The second-order valence-electron chi connectivity index (χ2n) is 7.40. The maximum atomic E-state index is 13.7. The zero-order chi connectivity index (χ0) is 24.8. The van der Waals surface area contributed by atoms with E-state index in [1.54, 1.807) is 35.2 Å². The van der Waals surface area contributed by atoms with Crippen molar-refractivity contribution in [2.24, 2.45) is 4.99 Å². The minimum absolute atomic E-state index is 0.0733. The Hall–Kier alpha value is -3.62. The van der Waals surface area contributed by atoms with Crippen molar-refractivity contribution in [1.29, 1.82) is 0 Å². The number of amides is 2. The fourth-order valence-corrected chi connectivity index (χ4v) is 4.56. The molecular weight excluding hydrogens is 489 g/mol. The Morgan fingerprint density at radius 1 is 1.14 bits per heavy atom. The smallest absolute Gasteiger partial charge is 0.266 e. The molecule has 1 saturated heterocycles. The van der Waals surface area contributed by atoms with Gasteiger partial charge in [-0.05, 0) is 66.7 Å². The van der Waals surface area contributed by atoms with Gasteiger partial charge in [-0.2, -0.15) is 0 Å². The molecule has 35 heavy (non-hydrogen) atoms. The standard InChI is InChI=1S/C26H21ClFN3O3S/c1-2-31-25(33)23(35-26(31)29-18-8-4-3-5-9-18)15-17-12-13-22(19(27)14-17)34-16-24(32)30-21-11-7-6-10-20(21)28/h3-15H,2,16H2,1H3,(H,30,32)/b23-15-,29-26?. The molecule has 1 aliphatic heterocycles. The number of hydrogen-bond acceptors (Lipinski definition) is 5. The number of amidine groups is 1. The molecule has 178 valence electrons. The molecule has 0 unspecified atom stereocenters. The molecule has 1 N–H and O–H groups in total. The number of carbonyl (C=O) groups is 2. The molecule has 0 aliphatic carbocycles. The minimum atomic E-state index is -0.533. The van der Waals surface area contributed by atoms with Crippen molar-refractivity contribution in [3.63, 3.8) is 0 Å². The van der Waals surface area contributed by atoms with Gasteiger partial charge < -0.3 is 10.1 Å². The lowest BCUT2D eigenvalue weighted by Crippen LogP contribution is -2.28. The fraction of sp³-hybridized carbons (Fsp3) is 0.115. The SMILES string of the molecule is CCN1C(=O)/C(=C/c2ccc(OCC(=O)Nc3ccccc3F)c(Cl)c2)SC1=Nc1ccccc1. The van der Waals surface area contributed by atoms with E-state index in [-0.39, 0.29) is 23.2 Å². The molecule has 1 aliphatic rings. The van der Waals surface area contributed by atoms with Gasteiger partial charge in [0.15, 0.2) is 11.8 Å². The second kappa shape index (κ2) is 11.2. The first kappa shape index (κ1) is 24.5. The van der Waals surface area contributed by atoms with Crippen molar-refractivity contribution in [1.82, 2.24) is 4.90 Å². The highest BCUT2D eigenvalue weighted by molar-refractivity contribution is 8.18. The van der Waals surface area contributed by atoms with Gasteiger partial charge >= 0.3 is 0 Å². The number of rotatable bonds is 7. The van der Waals surface area contributed by atoms with E-state index in [9.17, 15) is 14.0 Å². The van der Waals surface area contributed by atoms with Crippen LogP contribution in [0.15, 0.2) is 82.7 Å². The van der Waals surface area contributed by atoms with E-state index in [0.29, 0.717) is 27.9 Å². The molecule has 0 radical (unpaired) electrons. The van der Waals surface area contributed by atoms with Gasteiger partial charge in [-0.1, -0.05) is 48.0 Å². The number of anilines is 1. The molecular formula is C26H21ClFN3O3S. The predicted octanol–water partition coefficient (Wildman–Crippen LogP) is 6.12. The van der Waals surface area contributed by atoms with Crippen LogP contribution in [0.25, 0.3) is 6.08 Å². The summed E-state index contributed by atoms with van der Waals surface area (Å²) in [5.74, 6) is -0.887. The summed E-state index contributed by atoms with van der Waals surface area (Å²) in [6.07, 6.45) is 1.74. The highest BCUT2D eigenvalue weighted by Crippen LogP contribution is 2.35. The van der Waals surface area contributed by atoms with Gasteiger partial charge in [-0.25, -0.2) is 9.38 Å². The topological polar surface area (TPSA) is 71.0 Å². The monoisotopic (exact) mass is 509 g/mol. The highest BCUT2D eigenvalue weighted by atomic mass is 35.5. The largest absolute Gasteiger partial charge is 0.482 e. The van der Waals surface area contributed by atoms with Gasteiger partial charge in [0, 0.05) is 6.54 Å². The number of halogens is 2. The van der Waals surface area contributed by atoms with Crippen molar-refractivity contribution in [3.05, 3.63) is 94.1 Å². The molecule has 3 aromatic carbocycles. The molecule has 6 nitrogen and oxygen atoms in total. The first-order chi connectivity index (χ1) is 16.9. The first-order valence-electron chi connectivity index (χ1n) is 10.8. The van der Waals surface area contributed by atoms with E-state index in [1.807, 2.05) is 37.3 Å². The molecule has 4 rings (SSSR count). The number of thioether (sulfide) groups is 1. The average molecular weight is 510 g/mol. The number of aliphatic imine (C=N–C) groups is 1. The summed E-state index contributed by atoms with van der Waals surface area (Å²) in [5, 5.41) is 3.34. The van der Waals surface area contributed by atoms with Crippen molar-refractivity contribution in [3.8, 4) is 5.75 Å². The van der Waals surface area contributed by atoms with Crippen LogP contribution >= 0.6 is 23.4 Å². The lowest BCUT2D eigenvalue weighted by atomic mass is 10.2. The van der Waals surface area contributed by atoms with Crippen LogP contribution in [-0.4, -0.2) is 35.0 Å². The summed E-state index contributed by atoms with van der Waals surface area (Å²) in [6, 6.07) is 20.3. The van der Waals surface area contributed by atoms with Crippen LogP contribution in [-0.2, 0) is 9.59 Å². The van der Waals surface area contributed by atoms with Crippen LogP contribution in [0, 0.1) is 5.82 Å². The molecule has 9 heteroatoms. The number of nitrogens with one attached hydrogen (secondary N) is 1. The highest BCUT2D eigenvalue weighted by Gasteiger charge is 2.32. The molecule has 1 heterocycles. The fourth-order valence-electron chi connectivity index (χ4n) is 3.25. The molecule has 0 aromatic heterocycles. The van der Waals surface area contributed by atoms with E-state index in [2.05, 4.69) is 10.3 Å². The molecule has 3 aromatic rings. The molecule has 0 atom stereocenters. The Morgan fingerprint density at radius 2 is 1.89 bits per heavy atom. The van der Waals surface area contributed by atoms with E-state index in [0.717, 1.165) is 5.69 Å². The lowest BCUT2D eigenvalue weighted by Gasteiger charge is -2.12. The maximum Gasteiger partial charge on any atom is 0.266 e. The number of carbonyl (C=O) groups excluding carboxylic acids is 2. The summed E-state index contributed by atoms with van der Waals surface area (Å²) in [7, 11) is 0. The third-order valence-corrected chi connectivity index (χ3v) is 6.25. The number of nitrogens with zero attached hydrogens (tertiary/aromatic N) is 2. The van der Waals surface area contributed by atoms with Crippen LogP contribution < -0.4 is 10.1 Å². The van der Waals surface area contributed by atoms with Crippen molar-refractivity contribution >= 4 is 57.8 Å². The van der Waals surface area contributed by atoms with Gasteiger partial charge in [0.1, 0.15) is 11.6 Å². The molecule has 0 spiro atoms. The third kappa shape index (κ3) is 6.09. The normalized spacial score (nSPS) is 15.6. The van der Waals surface area contributed by atoms with Gasteiger partial charge in [-0.3, -0.25) is 14.5 Å². The Morgan fingerprint density at radius 3 is 2.60 bits per heavy atom. The summed E-state index contributed by atoms with van der Waals surface area (Å²) in [4.78, 5) is 31.7. The van der Waals surface area contributed by atoms with Gasteiger partial charge in [0.2, 0.25) is 0 Å². The summed E-state index contributed by atoms with van der Waals surface area (Å²) < 4.78 is 19.2. The van der Waals surface area contributed by atoms with Crippen LogP contribution in [0.3, 0.4) is 0 Å². The maximum absolute atomic E-state index is 13.7. The number of hydrogen-bond donors (Lipinski definition) is 1. The Labute approximate surface area is 211 Å². The van der Waals surface area contributed by atoms with Crippen molar-refractivity contribution in [2.45, 2.75) is 6.92 Å². The molecule has 0 saturated carbocycles. The zero-order valence-corrected chi connectivity index (χ0v) is 20.3. The number of ether oxygens (including phenoxy) is 1. The van der Waals surface area contributed by atoms with Crippen LogP contribution in [0.2, 0.25) is 5.02 Å². The lowest BCUT2D eigenvalue weighted by molar-refractivity contribution is -0.122. The van der Waals surface area contributed by atoms with Gasteiger partial charge in [0.25, 0.3) is 11.8 Å². The zero-order valence-electron chi connectivity index (χ0n) is 18.7. The molecule has 0 bridgehead atoms. The Kier molecular flexibility index (Phi) is 7.84. The average Bonchev–Trinajstić information content (AvgIpc) is 3.14. The first-order valence-corrected chi connectivity index (χ1v) is 12.0. The van der Waals surface area contributed by atoms with Crippen LogP contribution in [0.5, 0.6) is 5.75 Å². The molecule has 1 fully saturated rings. The summed E-state index contributed by atoms with van der Waals surface area (Å²) >= 11 is 7.64. The van der Waals surface area contributed by atoms with E-state index in [1.165, 1.54) is 30.0 Å². The Bertz CT molecular complexity index is 1310. The number of likely N-dealkylation sites (N-methyl/N-ethyl adjacent to an activating group) is 1. The van der Waals surface area contributed by atoms with Crippen molar-refractivity contribution < 1.29 is 18.7 Å². The predicted molar refractivity (Wildman–Crippen MR) is 138 cm³/mol. The van der Waals surface area contributed by atoms with Crippen LogP contribution in [0.4, 0.5) is 15.8 Å². The third-order valence-electron chi connectivity index (χ3n) is 4.95. The number of para-hydroxylation sites is 2. The summed E-state index contributed by atoms with van der Waals surface area (Å²) in [6.45, 7) is 2.05. The van der Waals surface area contributed by atoms with Gasteiger partial charge in [0.05, 0.1) is 21.3 Å².